The van der Waals surface area contributed by atoms with Crippen LogP contribution in [0.1, 0.15) is 36.0 Å². The first-order valence-corrected chi connectivity index (χ1v) is 6.23. The van der Waals surface area contributed by atoms with E-state index in [0.717, 1.165) is 25.9 Å². The zero-order valence-corrected chi connectivity index (χ0v) is 10.8. The number of hydrogen-bond acceptors (Lipinski definition) is 5. The predicted octanol–water partition coefficient (Wildman–Crippen LogP) is 0.473. The molecular formula is C12H17N3O4. The van der Waals surface area contributed by atoms with Gasteiger partial charge < -0.3 is 14.9 Å². The lowest BCUT2D eigenvalue weighted by Crippen LogP contribution is -2.43. The summed E-state index contributed by atoms with van der Waals surface area (Å²) in [5.74, 6) is -0.533. The fraction of sp³-hybridized carbons (Fsp3) is 0.583. The normalized spacial score (nSPS) is 17.3. The van der Waals surface area contributed by atoms with E-state index in [2.05, 4.69) is 15.4 Å². The van der Waals surface area contributed by atoms with E-state index in [1.807, 2.05) is 0 Å². The van der Waals surface area contributed by atoms with E-state index < -0.39 is 5.97 Å². The predicted molar refractivity (Wildman–Crippen MR) is 65.6 cm³/mol. The molecule has 104 valence electrons. The topological polar surface area (TPSA) is 95.7 Å². The van der Waals surface area contributed by atoms with E-state index in [1.165, 1.54) is 13.0 Å². The third-order valence-electron chi connectivity index (χ3n) is 3.15. The number of carbonyl (C=O) groups is 2. The summed E-state index contributed by atoms with van der Waals surface area (Å²) in [6.07, 6.45) is 1.78. The van der Waals surface area contributed by atoms with Crippen LogP contribution in [0.4, 0.5) is 0 Å². The Morgan fingerprint density at radius 1 is 1.53 bits per heavy atom. The second kappa shape index (κ2) is 5.83. The highest BCUT2D eigenvalue weighted by atomic mass is 16.5. The Labute approximate surface area is 110 Å². The molecule has 0 atom stereocenters. The van der Waals surface area contributed by atoms with Gasteiger partial charge in [-0.05, 0) is 12.8 Å². The fourth-order valence-electron chi connectivity index (χ4n) is 2.23. The second-order valence-corrected chi connectivity index (χ2v) is 4.73. The molecule has 0 bridgehead atoms. The van der Waals surface area contributed by atoms with Crippen LogP contribution in [0.3, 0.4) is 0 Å². The molecule has 7 nitrogen and oxygen atoms in total. The van der Waals surface area contributed by atoms with Crippen molar-refractivity contribution in [2.75, 3.05) is 13.1 Å². The van der Waals surface area contributed by atoms with Crippen molar-refractivity contribution in [3.8, 4) is 0 Å². The Bertz CT molecular complexity index is 463. The van der Waals surface area contributed by atoms with Crippen molar-refractivity contribution in [1.82, 2.24) is 15.4 Å². The molecule has 0 aromatic carbocycles. The van der Waals surface area contributed by atoms with Gasteiger partial charge in [0.15, 0.2) is 11.5 Å². The van der Waals surface area contributed by atoms with Gasteiger partial charge in [0, 0.05) is 32.1 Å². The molecule has 0 unspecified atom stereocenters. The highest BCUT2D eigenvalue weighted by Gasteiger charge is 2.21. The van der Waals surface area contributed by atoms with Gasteiger partial charge in [-0.1, -0.05) is 5.16 Å². The van der Waals surface area contributed by atoms with Gasteiger partial charge in [0.05, 0.1) is 6.54 Å². The fourth-order valence-corrected chi connectivity index (χ4v) is 2.23. The van der Waals surface area contributed by atoms with E-state index in [1.54, 1.807) is 0 Å². The summed E-state index contributed by atoms with van der Waals surface area (Å²) in [5, 5.41) is 15.1. The van der Waals surface area contributed by atoms with Crippen molar-refractivity contribution >= 4 is 11.9 Å². The van der Waals surface area contributed by atoms with Crippen LogP contribution >= 0.6 is 0 Å². The van der Waals surface area contributed by atoms with E-state index in [9.17, 15) is 9.59 Å². The molecule has 1 saturated heterocycles. The minimum atomic E-state index is -1.08. The van der Waals surface area contributed by atoms with Crippen LogP contribution in [-0.4, -0.2) is 46.2 Å². The van der Waals surface area contributed by atoms with Gasteiger partial charge in [-0.25, -0.2) is 4.79 Å². The smallest absolute Gasteiger partial charge is 0.358 e. The molecule has 0 radical (unpaired) electrons. The number of rotatable bonds is 4. The van der Waals surface area contributed by atoms with E-state index in [0.29, 0.717) is 12.3 Å². The standard InChI is InChI=1S/C12H17N3O4/c1-8(16)13-9-2-4-15(5-3-9)7-10-6-11(12(17)18)14-19-10/h6,9H,2-5,7H2,1H3,(H,13,16)(H,17,18). The maximum atomic E-state index is 10.9. The number of aromatic carboxylic acids is 1. The molecule has 1 aliphatic heterocycles. The first-order valence-electron chi connectivity index (χ1n) is 6.23. The largest absolute Gasteiger partial charge is 0.476 e. The summed E-state index contributed by atoms with van der Waals surface area (Å²) in [7, 11) is 0. The van der Waals surface area contributed by atoms with Crippen molar-refractivity contribution in [3.05, 3.63) is 17.5 Å². The Balaban J connectivity index is 1.81. The van der Waals surface area contributed by atoms with E-state index in [4.69, 9.17) is 9.63 Å². The number of carboxylic acid groups (broad SMARTS) is 1. The second-order valence-electron chi connectivity index (χ2n) is 4.73. The number of nitrogens with zero attached hydrogens (tertiary/aromatic N) is 2. The molecule has 1 fully saturated rings. The van der Waals surface area contributed by atoms with Crippen LogP contribution in [0.2, 0.25) is 0 Å². The van der Waals surface area contributed by atoms with Crippen LogP contribution in [0.25, 0.3) is 0 Å². The molecule has 2 rings (SSSR count). The van der Waals surface area contributed by atoms with Crippen molar-refractivity contribution in [2.45, 2.75) is 32.4 Å². The maximum Gasteiger partial charge on any atom is 0.358 e. The number of aromatic nitrogens is 1. The quantitative estimate of drug-likeness (QED) is 0.823. The molecule has 19 heavy (non-hydrogen) atoms. The third kappa shape index (κ3) is 3.78. The van der Waals surface area contributed by atoms with Crippen molar-refractivity contribution in [2.24, 2.45) is 0 Å². The van der Waals surface area contributed by atoms with Crippen molar-refractivity contribution in [1.29, 1.82) is 0 Å². The van der Waals surface area contributed by atoms with Crippen molar-refractivity contribution < 1.29 is 19.2 Å². The first kappa shape index (κ1) is 13.5. The molecule has 2 heterocycles. The van der Waals surface area contributed by atoms with Crippen LogP contribution in [0, 0.1) is 0 Å². The summed E-state index contributed by atoms with van der Waals surface area (Å²) < 4.78 is 4.98. The summed E-state index contributed by atoms with van der Waals surface area (Å²) in [5.41, 5.74) is -0.0665. The number of nitrogens with one attached hydrogen (secondary N) is 1. The molecule has 0 spiro atoms. The highest BCUT2D eigenvalue weighted by Crippen LogP contribution is 2.14. The average molecular weight is 267 g/mol. The number of carboxylic acids is 1. The molecule has 1 amide bonds. The van der Waals surface area contributed by atoms with Gasteiger partial charge in [0.25, 0.3) is 0 Å². The molecule has 0 aliphatic carbocycles. The van der Waals surface area contributed by atoms with E-state index in [-0.39, 0.29) is 17.6 Å². The average Bonchev–Trinajstić information content (AvgIpc) is 2.80. The molecule has 7 heteroatoms. The lowest BCUT2D eigenvalue weighted by atomic mass is 10.0. The zero-order chi connectivity index (χ0) is 13.8. The third-order valence-corrected chi connectivity index (χ3v) is 3.15. The van der Waals surface area contributed by atoms with Gasteiger partial charge >= 0.3 is 5.97 Å². The van der Waals surface area contributed by atoms with Crippen LogP contribution in [0.15, 0.2) is 10.6 Å². The number of hydrogen-bond donors (Lipinski definition) is 2. The number of likely N-dealkylation sites (tertiary alicyclic amines) is 1. The summed E-state index contributed by atoms with van der Waals surface area (Å²) >= 11 is 0. The van der Waals surface area contributed by atoms with Gasteiger partial charge in [-0.2, -0.15) is 0 Å². The minimum Gasteiger partial charge on any atom is -0.476 e. The maximum absolute atomic E-state index is 10.9. The SMILES string of the molecule is CC(=O)NC1CCN(Cc2cc(C(=O)O)no2)CC1. The Morgan fingerprint density at radius 2 is 2.21 bits per heavy atom. The monoisotopic (exact) mass is 267 g/mol. The molecule has 0 saturated carbocycles. The molecule has 2 N–H and O–H groups in total. The van der Waals surface area contributed by atoms with E-state index >= 15 is 0 Å². The van der Waals surface area contributed by atoms with Gasteiger partial charge in [-0.15, -0.1) is 0 Å². The van der Waals surface area contributed by atoms with Gasteiger partial charge in [0.1, 0.15) is 0 Å². The molecule has 1 aromatic rings. The summed E-state index contributed by atoms with van der Waals surface area (Å²) in [6, 6.07) is 1.68. The minimum absolute atomic E-state index is 0.000199. The first-order chi connectivity index (χ1) is 9.04. The van der Waals surface area contributed by atoms with Crippen LogP contribution in [-0.2, 0) is 11.3 Å². The van der Waals surface area contributed by atoms with Crippen molar-refractivity contribution in [3.63, 3.8) is 0 Å². The number of piperidine rings is 1. The zero-order valence-electron chi connectivity index (χ0n) is 10.8. The Morgan fingerprint density at radius 3 is 2.74 bits per heavy atom. The molecule has 1 aromatic heterocycles. The summed E-state index contributed by atoms with van der Waals surface area (Å²) in [6.45, 7) is 3.75. The Kier molecular flexibility index (Phi) is 4.16. The highest BCUT2D eigenvalue weighted by molar-refractivity contribution is 5.85. The van der Waals surface area contributed by atoms with Gasteiger partial charge in [-0.3, -0.25) is 9.69 Å². The number of amides is 1. The number of carbonyl (C=O) groups excluding carboxylic acids is 1. The Hall–Kier alpha value is -1.89. The van der Waals surface area contributed by atoms with Crippen LogP contribution < -0.4 is 5.32 Å². The van der Waals surface area contributed by atoms with Gasteiger partial charge in [0.2, 0.25) is 5.91 Å². The lowest BCUT2D eigenvalue weighted by molar-refractivity contribution is -0.120. The summed E-state index contributed by atoms with van der Waals surface area (Å²) in [4.78, 5) is 23.8. The molecular weight excluding hydrogens is 250 g/mol. The molecule has 1 aliphatic rings. The van der Waals surface area contributed by atoms with Crippen LogP contribution in [0.5, 0.6) is 0 Å². The lowest BCUT2D eigenvalue weighted by Gasteiger charge is -2.31.